The molecule has 0 unspecified atom stereocenters. The minimum absolute atomic E-state index is 0.175. The molecule has 0 spiro atoms. The number of rotatable bonds is 5. The molecule has 0 saturated carbocycles. The second kappa shape index (κ2) is 6.07. The second-order valence-corrected chi connectivity index (χ2v) is 8.95. The lowest BCUT2D eigenvalue weighted by molar-refractivity contribution is 0.176. The number of hydrogen-bond acceptors (Lipinski definition) is 5. The van der Waals surface area contributed by atoms with E-state index >= 15 is 0 Å². The molecule has 0 atom stereocenters. The molecule has 1 fully saturated rings. The monoisotopic (exact) mass is 342 g/mol. The van der Waals surface area contributed by atoms with Gasteiger partial charge in [-0.25, -0.2) is 13.1 Å². The third-order valence-corrected chi connectivity index (χ3v) is 6.86. The van der Waals surface area contributed by atoms with Crippen LogP contribution in [-0.4, -0.2) is 66.2 Å². The summed E-state index contributed by atoms with van der Waals surface area (Å²) in [6, 6.07) is 0. The van der Waals surface area contributed by atoms with E-state index in [0.29, 0.717) is 19.0 Å². The SMILES string of the molecule is CN(C(C)(C)CN1CCCC1)S(=O)(=O)c1cnn2c1OCCC2. The van der Waals surface area contributed by atoms with Gasteiger partial charge in [0.2, 0.25) is 15.9 Å². The van der Waals surface area contributed by atoms with E-state index in [0.717, 1.165) is 26.1 Å². The van der Waals surface area contributed by atoms with Crippen LogP contribution >= 0.6 is 0 Å². The van der Waals surface area contributed by atoms with Crippen molar-refractivity contribution in [1.29, 1.82) is 0 Å². The quantitative estimate of drug-likeness (QED) is 0.803. The van der Waals surface area contributed by atoms with E-state index in [-0.39, 0.29) is 4.90 Å². The molecule has 3 heterocycles. The molecule has 0 aromatic carbocycles. The molecule has 1 aromatic heterocycles. The van der Waals surface area contributed by atoms with Crippen molar-refractivity contribution in [3.8, 4) is 5.88 Å². The number of sulfonamides is 1. The summed E-state index contributed by atoms with van der Waals surface area (Å²) in [5.74, 6) is 0.375. The minimum Gasteiger partial charge on any atom is -0.477 e. The molecule has 0 bridgehead atoms. The third kappa shape index (κ3) is 3.12. The van der Waals surface area contributed by atoms with Crippen LogP contribution in [0.5, 0.6) is 5.88 Å². The summed E-state index contributed by atoms with van der Waals surface area (Å²) in [5, 5.41) is 4.17. The van der Waals surface area contributed by atoms with Crippen LogP contribution in [0.25, 0.3) is 0 Å². The van der Waals surface area contributed by atoms with Gasteiger partial charge in [0.05, 0.1) is 12.8 Å². The maximum atomic E-state index is 13.1. The number of aromatic nitrogens is 2. The molecule has 0 aliphatic carbocycles. The Bertz CT molecular complexity index is 662. The molecule has 1 saturated heterocycles. The zero-order valence-electron chi connectivity index (χ0n) is 14.2. The first-order chi connectivity index (χ1) is 10.8. The Labute approximate surface area is 138 Å². The zero-order valence-corrected chi connectivity index (χ0v) is 15.0. The maximum Gasteiger partial charge on any atom is 0.250 e. The average Bonchev–Trinajstić information content (AvgIpc) is 3.15. The number of fused-ring (bicyclic) bond motifs is 1. The van der Waals surface area contributed by atoms with Crippen molar-refractivity contribution in [2.24, 2.45) is 0 Å². The molecule has 7 nitrogen and oxygen atoms in total. The van der Waals surface area contributed by atoms with Crippen molar-refractivity contribution in [2.75, 3.05) is 33.3 Å². The van der Waals surface area contributed by atoms with Gasteiger partial charge < -0.3 is 9.64 Å². The lowest BCUT2D eigenvalue weighted by Gasteiger charge is -2.37. The largest absolute Gasteiger partial charge is 0.477 e. The lowest BCUT2D eigenvalue weighted by Crippen LogP contribution is -2.51. The van der Waals surface area contributed by atoms with Crippen molar-refractivity contribution >= 4 is 10.0 Å². The maximum absolute atomic E-state index is 13.1. The number of hydrogen-bond donors (Lipinski definition) is 0. The van der Waals surface area contributed by atoms with E-state index in [4.69, 9.17) is 4.74 Å². The van der Waals surface area contributed by atoms with E-state index in [9.17, 15) is 8.42 Å². The van der Waals surface area contributed by atoms with E-state index in [1.807, 2.05) is 13.8 Å². The first-order valence-electron chi connectivity index (χ1n) is 8.22. The van der Waals surface area contributed by atoms with Crippen LogP contribution in [0.3, 0.4) is 0 Å². The summed E-state index contributed by atoms with van der Waals surface area (Å²) in [7, 11) is -1.99. The summed E-state index contributed by atoms with van der Waals surface area (Å²) in [6.45, 7) is 8.00. The predicted molar refractivity (Wildman–Crippen MR) is 87.0 cm³/mol. The molecule has 130 valence electrons. The highest BCUT2D eigenvalue weighted by atomic mass is 32.2. The summed E-state index contributed by atoms with van der Waals surface area (Å²) in [4.78, 5) is 2.50. The Morgan fingerprint density at radius 2 is 1.96 bits per heavy atom. The number of likely N-dealkylation sites (N-methyl/N-ethyl adjacent to an activating group) is 1. The van der Waals surface area contributed by atoms with E-state index < -0.39 is 15.6 Å². The van der Waals surface area contributed by atoms with Crippen molar-refractivity contribution in [1.82, 2.24) is 19.0 Å². The normalized spacial score (nSPS) is 19.8. The molecule has 8 heteroatoms. The molecular weight excluding hydrogens is 316 g/mol. The Morgan fingerprint density at radius 1 is 1.26 bits per heavy atom. The van der Waals surface area contributed by atoms with Gasteiger partial charge in [0.15, 0.2) is 4.90 Å². The molecule has 0 amide bonds. The first-order valence-corrected chi connectivity index (χ1v) is 9.66. The van der Waals surface area contributed by atoms with Crippen LogP contribution in [0.15, 0.2) is 11.1 Å². The Balaban J connectivity index is 1.84. The van der Waals surface area contributed by atoms with Gasteiger partial charge in [-0.1, -0.05) is 0 Å². The van der Waals surface area contributed by atoms with Gasteiger partial charge in [-0.2, -0.15) is 9.40 Å². The summed E-state index contributed by atoms with van der Waals surface area (Å²) in [5.41, 5.74) is -0.493. The number of aryl methyl sites for hydroxylation is 1. The van der Waals surface area contributed by atoms with Crippen molar-refractivity contribution < 1.29 is 13.2 Å². The average molecular weight is 342 g/mol. The van der Waals surface area contributed by atoms with Gasteiger partial charge in [-0.05, 0) is 39.8 Å². The fraction of sp³-hybridized carbons (Fsp3) is 0.800. The summed E-state index contributed by atoms with van der Waals surface area (Å²) in [6.07, 6.45) is 4.65. The second-order valence-electron chi connectivity index (χ2n) is 7.01. The lowest BCUT2D eigenvalue weighted by atomic mass is 10.1. The first kappa shape index (κ1) is 16.7. The van der Waals surface area contributed by atoms with Crippen LogP contribution < -0.4 is 4.74 Å². The zero-order chi connectivity index (χ0) is 16.7. The van der Waals surface area contributed by atoms with E-state index in [1.54, 1.807) is 11.7 Å². The van der Waals surface area contributed by atoms with E-state index in [2.05, 4.69) is 10.00 Å². The summed E-state index contributed by atoms with van der Waals surface area (Å²) < 4.78 is 34.8. The number of nitrogens with zero attached hydrogens (tertiary/aromatic N) is 4. The molecular formula is C15H26N4O3S. The highest BCUT2D eigenvalue weighted by Gasteiger charge is 2.39. The smallest absolute Gasteiger partial charge is 0.250 e. The van der Waals surface area contributed by atoms with Crippen LogP contribution in [-0.2, 0) is 16.6 Å². The van der Waals surface area contributed by atoms with Crippen LogP contribution in [0.1, 0.15) is 33.1 Å². The van der Waals surface area contributed by atoms with Gasteiger partial charge in [-0.15, -0.1) is 0 Å². The standard InChI is InChI=1S/C15H26N4O3S/c1-15(2,12-18-7-4-5-8-18)17(3)23(20,21)13-11-16-19-9-6-10-22-14(13)19/h11H,4-10,12H2,1-3H3. The fourth-order valence-electron chi connectivity index (χ4n) is 3.28. The van der Waals surface area contributed by atoms with Gasteiger partial charge >= 0.3 is 0 Å². The predicted octanol–water partition coefficient (Wildman–Crippen LogP) is 1.16. The van der Waals surface area contributed by atoms with E-state index in [1.165, 1.54) is 23.3 Å². The Morgan fingerprint density at radius 3 is 2.65 bits per heavy atom. The third-order valence-electron chi connectivity index (χ3n) is 4.81. The summed E-state index contributed by atoms with van der Waals surface area (Å²) >= 11 is 0. The van der Waals surface area contributed by atoms with Gasteiger partial charge in [0.25, 0.3) is 0 Å². The topological polar surface area (TPSA) is 67.7 Å². The number of likely N-dealkylation sites (tertiary alicyclic amines) is 1. The van der Waals surface area contributed by atoms with Crippen LogP contribution in [0.2, 0.25) is 0 Å². The highest BCUT2D eigenvalue weighted by molar-refractivity contribution is 7.89. The van der Waals surface area contributed by atoms with Crippen molar-refractivity contribution in [2.45, 2.75) is 50.1 Å². The Kier molecular flexibility index (Phi) is 4.41. The Hall–Kier alpha value is -1.12. The highest BCUT2D eigenvalue weighted by Crippen LogP contribution is 2.32. The molecule has 3 rings (SSSR count). The van der Waals surface area contributed by atoms with Gasteiger partial charge in [-0.3, -0.25) is 0 Å². The molecule has 23 heavy (non-hydrogen) atoms. The molecule has 0 radical (unpaired) electrons. The fourth-order valence-corrected chi connectivity index (χ4v) is 4.85. The minimum atomic E-state index is -3.64. The van der Waals surface area contributed by atoms with Crippen LogP contribution in [0, 0.1) is 0 Å². The van der Waals surface area contributed by atoms with Crippen molar-refractivity contribution in [3.63, 3.8) is 0 Å². The molecule has 1 aromatic rings. The number of ether oxygens (including phenoxy) is 1. The van der Waals surface area contributed by atoms with Crippen LogP contribution in [0.4, 0.5) is 0 Å². The van der Waals surface area contributed by atoms with Gasteiger partial charge in [0.1, 0.15) is 0 Å². The molecule has 2 aliphatic rings. The molecule has 0 N–H and O–H groups in total. The molecule has 2 aliphatic heterocycles. The van der Waals surface area contributed by atoms with Crippen molar-refractivity contribution in [3.05, 3.63) is 6.20 Å². The van der Waals surface area contributed by atoms with Gasteiger partial charge in [0, 0.05) is 32.1 Å².